The lowest BCUT2D eigenvalue weighted by molar-refractivity contribution is 0.192. The lowest BCUT2D eigenvalue weighted by Gasteiger charge is -2.17. The molecule has 1 aliphatic rings. The Morgan fingerprint density at radius 3 is 2.95 bits per heavy atom. The molecule has 3 rings (SSSR count). The summed E-state index contributed by atoms with van der Waals surface area (Å²) < 4.78 is 7.29. The van der Waals surface area contributed by atoms with Gasteiger partial charge < -0.3 is 9.63 Å². The summed E-state index contributed by atoms with van der Waals surface area (Å²) >= 11 is 0. The van der Waals surface area contributed by atoms with E-state index in [0.717, 1.165) is 55.4 Å². The fourth-order valence-corrected chi connectivity index (χ4v) is 2.60. The molecule has 0 amide bonds. The SMILES string of the molecule is Cc1cc(CN2CCCn3nc([C@@H](C)O)cc3C2)on1. The fraction of sp³-hybridized carbons (Fsp3) is 0.571. The van der Waals surface area contributed by atoms with Crippen LogP contribution < -0.4 is 0 Å². The molecule has 108 valence electrons. The number of hydrogen-bond acceptors (Lipinski definition) is 5. The van der Waals surface area contributed by atoms with Crippen molar-refractivity contribution in [1.29, 1.82) is 0 Å². The normalized spacial score (nSPS) is 17.8. The van der Waals surface area contributed by atoms with E-state index in [1.165, 1.54) is 0 Å². The van der Waals surface area contributed by atoms with Crippen LogP contribution in [0, 0.1) is 6.92 Å². The summed E-state index contributed by atoms with van der Waals surface area (Å²) in [7, 11) is 0. The maximum atomic E-state index is 9.63. The molecule has 1 aliphatic heterocycles. The van der Waals surface area contributed by atoms with E-state index in [2.05, 4.69) is 15.2 Å². The predicted molar refractivity (Wildman–Crippen MR) is 72.8 cm³/mol. The van der Waals surface area contributed by atoms with Gasteiger partial charge in [-0.2, -0.15) is 5.10 Å². The number of aryl methyl sites for hydroxylation is 2. The zero-order valence-electron chi connectivity index (χ0n) is 11.9. The molecule has 0 aliphatic carbocycles. The minimum Gasteiger partial charge on any atom is -0.387 e. The molecule has 0 radical (unpaired) electrons. The van der Waals surface area contributed by atoms with Crippen LogP contribution in [0.3, 0.4) is 0 Å². The highest BCUT2D eigenvalue weighted by Gasteiger charge is 2.19. The van der Waals surface area contributed by atoms with Crippen molar-refractivity contribution in [2.75, 3.05) is 6.54 Å². The van der Waals surface area contributed by atoms with Gasteiger partial charge in [0, 0.05) is 25.7 Å². The zero-order valence-corrected chi connectivity index (χ0v) is 11.9. The third-order valence-electron chi connectivity index (χ3n) is 3.60. The first-order chi connectivity index (χ1) is 9.61. The van der Waals surface area contributed by atoms with Gasteiger partial charge >= 0.3 is 0 Å². The average molecular weight is 276 g/mol. The van der Waals surface area contributed by atoms with Gasteiger partial charge in [-0.3, -0.25) is 9.58 Å². The second-order valence-corrected chi connectivity index (χ2v) is 5.46. The fourth-order valence-electron chi connectivity index (χ4n) is 2.60. The highest BCUT2D eigenvalue weighted by molar-refractivity contribution is 5.13. The van der Waals surface area contributed by atoms with Crippen LogP contribution in [0.2, 0.25) is 0 Å². The zero-order chi connectivity index (χ0) is 14.1. The summed E-state index contributed by atoms with van der Waals surface area (Å²) in [5, 5.41) is 18.0. The van der Waals surface area contributed by atoms with Gasteiger partial charge in [-0.1, -0.05) is 5.16 Å². The first-order valence-electron chi connectivity index (χ1n) is 7.01. The average Bonchev–Trinajstić information content (AvgIpc) is 2.92. The lowest BCUT2D eigenvalue weighted by atomic mass is 10.2. The summed E-state index contributed by atoms with van der Waals surface area (Å²) in [6.45, 7) is 7.16. The minimum atomic E-state index is -0.514. The molecular weight excluding hydrogens is 256 g/mol. The van der Waals surface area contributed by atoms with Crippen LogP contribution in [0.4, 0.5) is 0 Å². The highest BCUT2D eigenvalue weighted by Crippen LogP contribution is 2.19. The van der Waals surface area contributed by atoms with E-state index in [0.29, 0.717) is 0 Å². The van der Waals surface area contributed by atoms with Crippen LogP contribution in [0.15, 0.2) is 16.7 Å². The largest absolute Gasteiger partial charge is 0.387 e. The molecule has 0 fully saturated rings. The predicted octanol–water partition coefficient (Wildman–Crippen LogP) is 1.64. The Morgan fingerprint density at radius 1 is 1.40 bits per heavy atom. The van der Waals surface area contributed by atoms with Gasteiger partial charge in [-0.05, 0) is 26.3 Å². The lowest BCUT2D eigenvalue weighted by Crippen LogP contribution is -2.22. The molecule has 0 unspecified atom stereocenters. The number of rotatable bonds is 3. The number of nitrogens with zero attached hydrogens (tertiary/aromatic N) is 4. The Hall–Kier alpha value is -1.66. The number of fused-ring (bicyclic) bond motifs is 1. The van der Waals surface area contributed by atoms with Crippen LogP contribution in [0.25, 0.3) is 0 Å². The first-order valence-corrected chi connectivity index (χ1v) is 7.01. The van der Waals surface area contributed by atoms with Crippen LogP contribution >= 0.6 is 0 Å². The van der Waals surface area contributed by atoms with Crippen molar-refractivity contribution in [2.45, 2.75) is 46.0 Å². The molecule has 6 nitrogen and oxygen atoms in total. The van der Waals surface area contributed by atoms with E-state index in [-0.39, 0.29) is 0 Å². The molecule has 1 atom stereocenters. The standard InChI is InChI=1S/C14H20N4O2/c1-10-6-13(20-16-10)9-17-4-3-5-18-12(8-17)7-14(15-18)11(2)19/h6-7,11,19H,3-5,8-9H2,1-2H3/t11-/m1/s1. The molecule has 0 saturated carbocycles. The van der Waals surface area contributed by atoms with E-state index in [4.69, 9.17) is 4.52 Å². The quantitative estimate of drug-likeness (QED) is 0.923. The van der Waals surface area contributed by atoms with Gasteiger partial charge in [0.05, 0.1) is 29.7 Å². The molecule has 0 saturated heterocycles. The Kier molecular flexibility index (Phi) is 3.58. The Balaban J connectivity index is 1.75. The van der Waals surface area contributed by atoms with E-state index < -0.39 is 6.10 Å². The van der Waals surface area contributed by atoms with Crippen molar-refractivity contribution >= 4 is 0 Å². The number of aliphatic hydroxyl groups is 1. The molecule has 0 spiro atoms. The van der Waals surface area contributed by atoms with Gasteiger partial charge in [-0.25, -0.2) is 0 Å². The number of aliphatic hydroxyl groups excluding tert-OH is 1. The maximum Gasteiger partial charge on any atom is 0.150 e. The molecule has 3 heterocycles. The van der Waals surface area contributed by atoms with Crippen LogP contribution in [0.1, 0.15) is 42.3 Å². The van der Waals surface area contributed by atoms with Crippen LogP contribution in [-0.2, 0) is 19.6 Å². The molecule has 0 aromatic carbocycles. The maximum absolute atomic E-state index is 9.63. The summed E-state index contributed by atoms with van der Waals surface area (Å²) in [5.41, 5.74) is 2.81. The van der Waals surface area contributed by atoms with Crippen molar-refractivity contribution in [3.8, 4) is 0 Å². The summed E-state index contributed by atoms with van der Waals surface area (Å²) in [6.07, 6.45) is 0.529. The Morgan fingerprint density at radius 2 is 2.25 bits per heavy atom. The minimum absolute atomic E-state index is 0.514. The van der Waals surface area contributed by atoms with Gasteiger partial charge in [0.25, 0.3) is 0 Å². The van der Waals surface area contributed by atoms with Gasteiger partial charge in [-0.15, -0.1) is 0 Å². The summed E-state index contributed by atoms with van der Waals surface area (Å²) in [6, 6.07) is 3.97. The summed E-state index contributed by atoms with van der Waals surface area (Å²) in [4.78, 5) is 2.33. The Labute approximate surface area is 118 Å². The van der Waals surface area contributed by atoms with Crippen molar-refractivity contribution in [3.05, 3.63) is 35.0 Å². The second kappa shape index (κ2) is 5.38. The molecule has 1 N–H and O–H groups in total. The third kappa shape index (κ3) is 2.76. The number of aromatic nitrogens is 3. The van der Waals surface area contributed by atoms with Gasteiger partial charge in [0.1, 0.15) is 0 Å². The van der Waals surface area contributed by atoms with E-state index in [9.17, 15) is 5.11 Å². The van der Waals surface area contributed by atoms with Gasteiger partial charge in [0.2, 0.25) is 0 Å². The molecule has 2 aromatic rings. The summed E-state index contributed by atoms with van der Waals surface area (Å²) in [5.74, 6) is 0.895. The van der Waals surface area contributed by atoms with Crippen LogP contribution in [0.5, 0.6) is 0 Å². The van der Waals surface area contributed by atoms with E-state index in [1.807, 2.05) is 23.7 Å². The third-order valence-corrected chi connectivity index (χ3v) is 3.60. The van der Waals surface area contributed by atoms with Crippen LogP contribution in [-0.4, -0.2) is 31.5 Å². The Bertz CT molecular complexity index is 588. The van der Waals surface area contributed by atoms with Crippen molar-refractivity contribution in [3.63, 3.8) is 0 Å². The van der Waals surface area contributed by atoms with E-state index >= 15 is 0 Å². The molecule has 20 heavy (non-hydrogen) atoms. The smallest absolute Gasteiger partial charge is 0.150 e. The topological polar surface area (TPSA) is 67.3 Å². The molecule has 0 bridgehead atoms. The van der Waals surface area contributed by atoms with Crippen molar-refractivity contribution in [2.24, 2.45) is 0 Å². The van der Waals surface area contributed by atoms with Gasteiger partial charge in [0.15, 0.2) is 5.76 Å². The molecule has 6 heteroatoms. The molecule has 2 aromatic heterocycles. The number of hydrogen-bond donors (Lipinski definition) is 1. The van der Waals surface area contributed by atoms with E-state index in [1.54, 1.807) is 6.92 Å². The second-order valence-electron chi connectivity index (χ2n) is 5.46. The molecular formula is C14H20N4O2. The first kappa shape index (κ1) is 13.3. The van der Waals surface area contributed by atoms with Crippen molar-refractivity contribution < 1.29 is 9.63 Å². The monoisotopic (exact) mass is 276 g/mol. The van der Waals surface area contributed by atoms with Crippen molar-refractivity contribution in [1.82, 2.24) is 19.8 Å². The highest BCUT2D eigenvalue weighted by atomic mass is 16.5.